The van der Waals surface area contributed by atoms with Crippen LogP contribution in [0.15, 0.2) is 48.5 Å². The number of anilines is 1. The van der Waals surface area contributed by atoms with Gasteiger partial charge in [-0.3, -0.25) is 4.72 Å². The zero-order chi connectivity index (χ0) is 15.5. The van der Waals surface area contributed by atoms with Crippen LogP contribution < -0.4 is 4.72 Å². The van der Waals surface area contributed by atoms with Crippen molar-refractivity contribution in [3.05, 3.63) is 65.5 Å². The highest BCUT2D eigenvalue weighted by atomic mass is 32.2. The second-order valence-corrected chi connectivity index (χ2v) is 6.57. The number of halogens is 1. The van der Waals surface area contributed by atoms with E-state index in [0.717, 1.165) is 11.8 Å². The number of nitrogens with one attached hydrogen (secondary N) is 1. The fourth-order valence-electron chi connectivity index (χ4n) is 1.98. The molecule has 6 heteroatoms. The highest BCUT2D eigenvalue weighted by molar-refractivity contribution is 7.92. The average molecular weight is 309 g/mol. The van der Waals surface area contributed by atoms with Crippen molar-refractivity contribution in [1.29, 1.82) is 0 Å². The molecule has 21 heavy (non-hydrogen) atoms. The van der Waals surface area contributed by atoms with Crippen molar-refractivity contribution < 1.29 is 17.9 Å². The lowest BCUT2D eigenvalue weighted by Gasteiger charge is -2.12. The van der Waals surface area contributed by atoms with Crippen LogP contribution in [0.5, 0.6) is 0 Å². The summed E-state index contributed by atoms with van der Waals surface area (Å²) in [7, 11) is -3.52. The Morgan fingerprint density at radius 3 is 2.43 bits per heavy atom. The standard InChI is InChI=1S/C15H16FNO3S/c1-21(19,20)17-14-8-7-11(9-13(14)16)10-15(18)12-5-3-2-4-6-12/h2-9,15,17-18H,10H2,1H3. The molecule has 0 radical (unpaired) electrons. The third-order valence-corrected chi connectivity index (χ3v) is 3.53. The zero-order valence-electron chi connectivity index (χ0n) is 11.5. The van der Waals surface area contributed by atoms with Gasteiger partial charge in [-0.1, -0.05) is 36.4 Å². The third kappa shape index (κ3) is 4.54. The van der Waals surface area contributed by atoms with Crippen molar-refractivity contribution in [1.82, 2.24) is 0 Å². The number of aliphatic hydroxyl groups excluding tert-OH is 1. The van der Waals surface area contributed by atoms with E-state index < -0.39 is 21.9 Å². The third-order valence-electron chi connectivity index (χ3n) is 2.94. The molecular formula is C15H16FNO3S. The molecule has 0 aliphatic carbocycles. The van der Waals surface area contributed by atoms with Crippen LogP contribution in [0.1, 0.15) is 17.2 Å². The molecule has 1 atom stereocenters. The van der Waals surface area contributed by atoms with E-state index in [1.165, 1.54) is 12.1 Å². The fourth-order valence-corrected chi connectivity index (χ4v) is 2.55. The molecule has 0 fully saturated rings. The van der Waals surface area contributed by atoms with Gasteiger partial charge in [-0.15, -0.1) is 0 Å². The molecule has 112 valence electrons. The van der Waals surface area contributed by atoms with E-state index in [0.29, 0.717) is 5.56 Å². The van der Waals surface area contributed by atoms with Crippen LogP contribution in [0, 0.1) is 5.82 Å². The highest BCUT2D eigenvalue weighted by Crippen LogP contribution is 2.22. The molecule has 2 N–H and O–H groups in total. The van der Waals surface area contributed by atoms with E-state index in [1.807, 2.05) is 18.2 Å². The molecule has 0 saturated carbocycles. The normalized spacial score (nSPS) is 12.9. The van der Waals surface area contributed by atoms with E-state index in [1.54, 1.807) is 18.2 Å². The molecule has 0 amide bonds. The van der Waals surface area contributed by atoms with E-state index in [2.05, 4.69) is 4.72 Å². The Morgan fingerprint density at radius 1 is 1.19 bits per heavy atom. The molecule has 2 rings (SSSR count). The van der Waals surface area contributed by atoms with E-state index >= 15 is 0 Å². The molecule has 0 aliphatic rings. The SMILES string of the molecule is CS(=O)(=O)Nc1ccc(CC(O)c2ccccc2)cc1F. The largest absolute Gasteiger partial charge is 0.388 e. The summed E-state index contributed by atoms with van der Waals surface area (Å²) in [5.41, 5.74) is 1.23. The van der Waals surface area contributed by atoms with Crippen molar-refractivity contribution in [2.45, 2.75) is 12.5 Å². The van der Waals surface area contributed by atoms with Gasteiger partial charge in [-0.05, 0) is 23.3 Å². The molecule has 0 heterocycles. The average Bonchev–Trinajstić information content (AvgIpc) is 2.41. The van der Waals surface area contributed by atoms with Crippen molar-refractivity contribution in [2.75, 3.05) is 11.0 Å². The van der Waals surface area contributed by atoms with Gasteiger partial charge in [-0.25, -0.2) is 12.8 Å². The first kappa shape index (κ1) is 15.5. The minimum atomic E-state index is -3.52. The molecular weight excluding hydrogens is 293 g/mol. The predicted molar refractivity (Wildman–Crippen MR) is 80.0 cm³/mol. The smallest absolute Gasteiger partial charge is 0.229 e. The molecule has 2 aromatic carbocycles. The molecule has 1 unspecified atom stereocenters. The van der Waals surface area contributed by atoms with Crippen LogP contribution >= 0.6 is 0 Å². The Labute approximate surface area is 123 Å². The maximum atomic E-state index is 13.8. The van der Waals surface area contributed by atoms with Crippen molar-refractivity contribution >= 4 is 15.7 Å². The summed E-state index contributed by atoms with van der Waals surface area (Å²) in [6.45, 7) is 0. The topological polar surface area (TPSA) is 66.4 Å². The lowest BCUT2D eigenvalue weighted by molar-refractivity contribution is 0.178. The zero-order valence-corrected chi connectivity index (χ0v) is 12.3. The minimum Gasteiger partial charge on any atom is -0.388 e. The number of aliphatic hydroxyl groups is 1. The van der Waals surface area contributed by atoms with Crippen LogP contribution in [-0.4, -0.2) is 19.8 Å². The fraction of sp³-hybridized carbons (Fsp3) is 0.200. The van der Waals surface area contributed by atoms with Gasteiger partial charge < -0.3 is 5.11 Å². The van der Waals surface area contributed by atoms with Gasteiger partial charge in [0.15, 0.2) is 0 Å². The van der Waals surface area contributed by atoms with Gasteiger partial charge in [-0.2, -0.15) is 0 Å². The summed E-state index contributed by atoms with van der Waals surface area (Å²) >= 11 is 0. The van der Waals surface area contributed by atoms with E-state index in [-0.39, 0.29) is 12.1 Å². The van der Waals surface area contributed by atoms with Gasteiger partial charge in [0.2, 0.25) is 10.0 Å². The minimum absolute atomic E-state index is 0.101. The Balaban J connectivity index is 2.14. The maximum absolute atomic E-state index is 13.8. The predicted octanol–water partition coefficient (Wildman–Crippen LogP) is 2.47. The number of hydrogen-bond donors (Lipinski definition) is 2. The molecule has 4 nitrogen and oxygen atoms in total. The van der Waals surface area contributed by atoms with Gasteiger partial charge in [0.1, 0.15) is 5.82 Å². The molecule has 0 aromatic heterocycles. The highest BCUT2D eigenvalue weighted by Gasteiger charge is 2.12. The van der Waals surface area contributed by atoms with Crippen LogP contribution in [0.2, 0.25) is 0 Å². The Morgan fingerprint density at radius 2 is 1.86 bits per heavy atom. The van der Waals surface area contributed by atoms with E-state index in [4.69, 9.17) is 0 Å². The molecule has 0 spiro atoms. The van der Waals surface area contributed by atoms with Gasteiger partial charge in [0.05, 0.1) is 18.0 Å². The maximum Gasteiger partial charge on any atom is 0.229 e. The van der Waals surface area contributed by atoms with Gasteiger partial charge >= 0.3 is 0 Å². The Hall–Kier alpha value is -1.92. The summed E-state index contributed by atoms with van der Waals surface area (Å²) in [5.74, 6) is -0.668. The second kappa shape index (κ2) is 6.24. The number of benzene rings is 2. The van der Waals surface area contributed by atoms with Crippen molar-refractivity contribution in [3.8, 4) is 0 Å². The lowest BCUT2D eigenvalue weighted by atomic mass is 10.0. The molecule has 0 bridgehead atoms. The lowest BCUT2D eigenvalue weighted by Crippen LogP contribution is -2.11. The molecule has 0 aliphatic heterocycles. The molecule has 0 saturated heterocycles. The molecule has 2 aromatic rings. The second-order valence-electron chi connectivity index (χ2n) is 4.82. The van der Waals surface area contributed by atoms with Gasteiger partial charge in [0, 0.05) is 6.42 Å². The monoisotopic (exact) mass is 309 g/mol. The van der Waals surface area contributed by atoms with Crippen molar-refractivity contribution in [2.24, 2.45) is 0 Å². The first-order valence-corrected chi connectivity index (χ1v) is 8.23. The summed E-state index contributed by atoms with van der Waals surface area (Å²) in [4.78, 5) is 0. The van der Waals surface area contributed by atoms with Gasteiger partial charge in [0.25, 0.3) is 0 Å². The van der Waals surface area contributed by atoms with Crippen LogP contribution in [0.4, 0.5) is 10.1 Å². The summed E-state index contributed by atoms with van der Waals surface area (Å²) in [6, 6.07) is 13.2. The number of hydrogen-bond acceptors (Lipinski definition) is 3. The van der Waals surface area contributed by atoms with Crippen LogP contribution in [-0.2, 0) is 16.4 Å². The van der Waals surface area contributed by atoms with Crippen LogP contribution in [0.3, 0.4) is 0 Å². The quantitative estimate of drug-likeness (QED) is 0.891. The Bertz CT molecular complexity index is 717. The summed E-state index contributed by atoms with van der Waals surface area (Å²) in [6.07, 6.45) is 0.471. The van der Waals surface area contributed by atoms with E-state index in [9.17, 15) is 17.9 Å². The van der Waals surface area contributed by atoms with Crippen LogP contribution in [0.25, 0.3) is 0 Å². The summed E-state index contributed by atoms with van der Waals surface area (Å²) < 4.78 is 38.1. The van der Waals surface area contributed by atoms with Crippen molar-refractivity contribution in [3.63, 3.8) is 0 Å². The summed E-state index contributed by atoms with van der Waals surface area (Å²) in [5, 5.41) is 10.1. The Kier molecular flexibility index (Phi) is 4.59. The first-order valence-electron chi connectivity index (χ1n) is 6.34. The number of rotatable bonds is 5. The number of sulfonamides is 1. The first-order chi connectivity index (χ1) is 9.85.